The summed E-state index contributed by atoms with van der Waals surface area (Å²) in [5.74, 6) is 0. The molecule has 1 rings (SSSR count). The van der Waals surface area contributed by atoms with Crippen molar-refractivity contribution in [1.82, 2.24) is 0 Å². The molecule has 1 fully saturated rings. The third-order valence-corrected chi connectivity index (χ3v) is 3.89. The molecule has 0 saturated carbocycles. The van der Waals surface area contributed by atoms with E-state index in [0.29, 0.717) is 6.61 Å². The Morgan fingerprint density at radius 2 is 2.09 bits per heavy atom. The Hall–Kier alpha value is 0.398. The second-order valence-corrected chi connectivity index (χ2v) is 4.69. The molecule has 0 spiro atoms. The summed E-state index contributed by atoms with van der Waals surface area (Å²) in [5.41, 5.74) is -1.22. The quantitative estimate of drug-likeness (QED) is 0.411. The van der Waals surface area contributed by atoms with Crippen molar-refractivity contribution >= 4 is 16.9 Å². The Bertz CT molecular complexity index is 150. The van der Waals surface area contributed by atoms with Crippen LogP contribution in [0.1, 0.15) is 6.92 Å². The second-order valence-electron chi connectivity index (χ2n) is 3.00. The van der Waals surface area contributed by atoms with Crippen LogP contribution in [-0.2, 0) is 4.74 Å². The van der Waals surface area contributed by atoms with Crippen LogP contribution in [0.3, 0.4) is 0 Å². The maximum atomic E-state index is 9.61. The van der Waals surface area contributed by atoms with Gasteiger partial charge in [-0.05, 0) is 0 Å². The predicted molar refractivity (Wildman–Crippen MR) is 40.9 cm³/mol. The van der Waals surface area contributed by atoms with Gasteiger partial charge in [0.25, 0.3) is 0 Å². The van der Waals surface area contributed by atoms with Crippen LogP contribution in [0.25, 0.3) is 0 Å². The van der Waals surface area contributed by atoms with E-state index in [-0.39, 0.29) is 4.71 Å². The van der Waals surface area contributed by atoms with Gasteiger partial charge in [0, 0.05) is 0 Å². The molecule has 0 aromatic rings. The van der Waals surface area contributed by atoms with Crippen molar-refractivity contribution in [3.63, 3.8) is 0 Å². The molecular weight excluding hydrogens is 211 g/mol. The summed E-state index contributed by atoms with van der Waals surface area (Å²) in [4.78, 5) is 0. The zero-order valence-electron chi connectivity index (χ0n) is 6.27. The van der Waals surface area contributed by atoms with Gasteiger partial charge in [0.1, 0.15) is 0 Å². The van der Waals surface area contributed by atoms with Crippen molar-refractivity contribution in [2.75, 3.05) is 6.61 Å². The van der Waals surface area contributed by atoms with Crippen LogP contribution in [0.15, 0.2) is 0 Å². The van der Waals surface area contributed by atoms with Crippen molar-refractivity contribution in [2.45, 2.75) is 29.6 Å². The van der Waals surface area contributed by atoms with Crippen molar-refractivity contribution in [3.05, 3.63) is 0 Å². The molecule has 3 N–H and O–H groups in total. The first kappa shape index (κ1) is 9.49. The van der Waals surface area contributed by atoms with Gasteiger partial charge < -0.3 is 0 Å². The van der Waals surface area contributed by atoms with Crippen molar-refractivity contribution in [3.8, 4) is 0 Å². The molecule has 1 saturated heterocycles. The summed E-state index contributed by atoms with van der Waals surface area (Å²) in [5, 5.41) is 27.9. The molecule has 5 atom stereocenters. The molecule has 11 heavy (non-hydrogen) atoms. The van der Waals surface area contributed by atoms with Crippen LogP contribution in [0.2, 0.25) is 4.71 Å². The van der Waals surface area contributed by atoms with E-state index in [2.05, 4.69) is 0 Å². The number of hydrogen-bond donors (Lipinski definition) is 3. The van der Waals surface area contributed by atoms with Crippen LogP contribution in [0.4, 0.5) is 0 Å². The number of ether oxygens (including phenoxy) is 1. The van der Waals surface area contributed by atoms with Crippen LogP contribution in [-0.4, -0.2) is 56.8 Å². The van der Waals surface area contributed by atoms with E-state index in [0.717, 1.165) is 0 Å². The summed E-state index contributed by atoms with van der Waals surface area (Å²) < 4.78 is 4.70. The van der Waals surface area contributed by atoms with Gasteiger partial charge in [-0.2, -0.15) is 0 Å². The van der Waals surface area contributed by atoms with Gasteiger partial charge in [-0.25, -0.2) is 0 Å². The Labute approximate surface area is 73.7 Å². The first-order valence-electron chi connectivity index (χ1n) is 3.42. The van der Waals surface area contributed by atoms with E-state index in [1.807, 2.05) is 0 Å². The topological polar surface area (TPSA) is 69.9 Å². The summed E-state index contributed by atoms with van der Waals surface area (Å²) in [6.45, 7) is 1.81. The Balaban J connectivity index is 2.72. The molecule has 1 aliphatic rings. The molecule has 4 nitrogen and oxygen atoms in total. The standard InChI is InChI=1S/C6H13AsO4/c1-6(10)3(7)2-11-5(9)4(6)8/h3-5,8-10H,2,7H2,1H3/t3-,4+,5-,6-/m1/s1. The molecule has 0 amide bonds. The molecule has 0 aliphatic carbocycles. The van der Waals surface area contributed by atoms with Crippen LogP contribution >= 0.6 is 0 Å². The van der Waals surface area contributed by atoms with Gasteiger partial charge >= 0.3 is 73.1 Å². The van der Waals surface area contributed by atoms with Crippen molar-refractivity contribution < 1.29 is 20.1 Å². The third-order valence-electron chi connectivity index (χ3n) is 2.07. The van der Waals surface area contributed by atoms with E-state index in [1.54, 1.807) is 0 Å². The van der Waals surface area contributed by atoms with E-state index < -0.39 is 18.0 Å². The van der Waals surface area contributed by atoms with Gasteiger partial charge in [-0.1, -0.05) is 0 Å². The number of hydrogen-bond acceptors (Lipinski definition) is 4. The molecule has 1 unspecified atom stereocenters. The van der Waals surface area contributed by atoms with Crippen LogP contribution in [0, 0.1) is 0 Å². The second kappa shape index (κ2) is 3.03. The van der Waals surface area contributed by atoms with Gasteiger partial charge in [-0.15, -0.1) is 0 Å². The van der Waals surface area contributed by atoms with Gasteiger partial charge in [0.2, 0.25) is 0 Å². The van der Waals surface area contributed by atoms with Gasteiger partial charge in [0.05, 0.1) is 0 Å². The summed E-state index contributed by atoms with van der Waals surface area (Å²) >= 11 is 1.30. The zero-order valence-corrected chi connectivity index (χ0v) is 8.69. The number of aliphatic hydroxyl groups is 3. The third kappa shape index (κ3) is 1.60. The summed E-state index contributed by atoms with van der Waals surface area (Å²) in [6, 6.07) is 0. The van der Waals surface area contributed by atoms with Crippen molar-refractivity contribution in [1.29, 1.82) is 0 Å². The SMILES string of the molecule is C[C@@]1(O)[C@H]([AsH2])CO[C@@H](O)[C@@H]1O. The maximum absolute atomic E-state index is 9.61. The molecule has 0 aromatic heterocycles. The Morgan fingerprint density at radius 1 is 1.55 bits per heavy atom. The molecule has 5 heteroatoms. The number of rotatable bonds is 0. The fourth-order valence-corrected chi connectivity index (χ4v) is 1.62. The Morgan fingerprint density at radius 3 is 2.55 bits per heavy atom. The normalized spacial score (nSPS) is 52.6. The monoisotopic (exact) mass is 224 g/mol. The van der Waals surface area contributed by atoms with E-state index in [1.165, 1.54) is 23.8 Å². The predicted octanol–water partition coefficient (Wildman–Crippen LogP) is -2.13. The summed E-state index contributed by atoms with van der Waals surface area (Å²) in [6.07, 6.45) is -2.45. The van der Waals surface area contributed by atoms with E-state index in [9.17, 15) is 10.2 Å². The molecular formula is C6H13AsO4. The molecule has 1 heterocycles. The van der Waals surface area contributed by atoms with Gasteiger partial charge in [-0.3, -0.25) is 0 Å². The first-order chi connectivity index (χ1) is 4.96. The zero-order chi connectivity index (χ0) is 8.65. The van der Waals surface area contributed by atoms with E-state index >= 15 is 0 Å². The number of aliphatic hydroxyl groups excluding tert-OH is 2. The van der Waals surface area contributed by atoms with Gasteiger partial charge in [0.15, 0.2) is 0 Å². The minimum absolute atomic E-state index is 0.103. The fraction of sp³-hybridized carbons (Fsp3) is 1.00. The van der Waals surface area contributed by atoms with Crippen molar-refractivity contribution in [2.24, 2.45) is 0 Å². The molecule has 0 aromatic carbocycles. The first-order valence-corrected chi connectivity index (χ1v) is 4.82. The molecule has 66 valence electrons. The average Bonchev–Trinajstić information content (AvgIpc) is 1.95. The summed E-state index contributed by atoms with van der Waals surface area (Å²) in [7, 11) is 0. The van der Waals surface area contributed by atoms with E-state index in [4.69, 9.17) is 9.84 Å². The minimum atomic E-state index is -1.25. The van der Waals surface area contributed by atoms with Crippen LogP contribution in [0.5, 0.6) is 0 Å². The molecule has 1 aliphatic heterocycles. The molecule has 0 radical (unpaired) electrons. The van der Waals surface area contributed by atoms with Crippen LogP contribution < -0.4 is 0 Å². The molecule has 0 bridgehead atoms. The average molecular weight is 224 g/mol. The Kier molecular flexibility index (Phi) is 2.62. The fourth-order valence-electron chi connectivity index (χ4n) is 0.970.